The maximum absolute atomic E-state index is 14.0. The van der Waals surface area contributed by atoms with E-state index in [0.29, 0.717) is 13.1 Å². The fourth-order valence-corrected chi connectivity index (χ4v) is 4.11. The number of benzene rings is 3. The second kappa shape index (κ2) is 10.5. The molecule has 1 aliphatic heterocycles. The predicted octanol–water partition coefficient (Wildman–Crippen LogP) is 4.31. The van der Waals surface area contributed by atoms with Crippen molar-refractivity contribution in [1.29, 1.82) is 0 Å². The minimum absolute atomic E-state index is 0.153. The fourth-order valence-electron chi connectivity index (χ4n) is 4.11. The Hall–Kier alpha value is -2.53. The average Bonchev–Trinajstić information content (AvgIpc) is 2.79. The molecule has 3 aromatic carbocycles. The Morgan fingerprint density at radius 2 is 1.50 bits per heavy atom. The molecule has 0 radical (unpaired) electrons. The first kappa shape index (κ1) is 20.7. The lowest BCUT2D eigenvalue weighted by molar-refractivity contribution is 0.0871. The quantitative estimate of drug-likeness (QED) is 0.549. The molecule has 4 heteroatoms. The SMILES string of the molecule is FC1CN(C(CNCc2ccccc2)c2ccc(Cc3ccccc3)cc2)CCN1. The molecule has 1 heterocycles. The number of piperazine rings is 1. The maximum atomic E-state index is 14.0. The molecule has 0 bridgehead atoms. The van der Waals surface area contributed by atoms with E-state index < -0.39 is 6.30 Å². The molecule has 2 N–H and O–H groups in total. The second-order valence-electron chi connectivity index (χ2n) is 7.95. The summed E-state index contributed by atoms with van der Waals surface area (Å²) < 4.78 is 14.0. The summed E-state index contributed by atoms with van der Waals surface area (Å²) >= 11 is 0. The van der Waals surface area contributed by atoms with Crippen LogP contribution in [0.1, 0.15) is 28.3 Å². The van der Waals surface area contributed by atoms with Gasteiger partial charge in [-0.25, -0.2) is 4.39 Å². The van der Waals surface area contributed by atoms with Crippen LogP contribution >= 0.6 is 0 Å². The zero-order chi connectivity index (χ0) is 20.6. The predicted molar refractivity (Wildman–Crippen MR) is 121 cm³/mol. The zero-order valence-corrected chi connectivity index (χ0v) is 17.3. The Bertz CT molecular complexity index is 883. The van der Waals surface area contributed by atoms with Crippen LogP contribution in [-0.2, 0) is 13.0 Å². The van der Waals surface area contributed by atoms with Gasteiger partial charge in [-0.15, -0.1) is 0 Å². The van der Waals surface area contributed by atoms with Crippen molar-refractivity contribution in [2.45, 2.75) is 25.3 Å². The molecule has 1 saturated heterocycles. The lowest BCUT2D eigenvalue weighted by Gasteiger charge is -2.37. The number of halogens is 1. The van der Waals surface area contributed by atoms with E-state index in [1.807, 2.05) is 12.1 Å². The third-order valence-electron chi connectivity index (χ3n) is 5.73. The Labute approximate surface area is 178 Å². The molecule has 0 spiro atoms. The summed E-state index contributed by atoms with van der Waals surface area (Å²) in [6.07, 6.45) is -0.0363. The average molecular weight is 404 g/mol. The molecule has 2 atom stereocenters. The minimum atomic E-state index is -0.965. The Morgan fingerprint density at radius 3 is 2.17 bits per heavy atom. The third kappa shape index (κ3) is 5.76. The monoisotopic (exact) mass is 403 g/mol. The number of nitrogens with zero attached hydrogens (tertiary/aromatic N) is 1. The lowest BCUT2D eigenvalue weighted by Crippen LogP contribution is -2.51. The standard InChI is InChI=1S/C26H30FN3/c27-26-20-30(16-15-29-26)25(19-28-18-23-9-5-2-6-10-23)24-13-11-22(12-14-24)17-21-7-3-1-4-8-21/h1-14,25-26,28-29H,15-20H2. The summed E-state index contributed by atoms with van der Waals surface area (Å²) in [5.74, 6) is 0. The molecular weight excluding hydrogens is 373 g/mol. The van der Waals surface area contributed by atoms with Crippen LogP contribution in [0.4, 0.5) is 4.39 Å². The van der Waals surface area contributed by atoms with Crippen molar-refractivity contribution < 1.29 is 4.39 Å². The van der Waals surface area contributed by atoms with Crippen molar-refractivity contribution in [3.8, 4) is 0 Å². The van der Waals surface area contributed by atoms with Gasteiger partial charge < -0.3 is 5.32 Å². The highest BCUT2D eigenvalue weighted by Crippen LogP contribution is 2.23. The topological polar surface area (TPSA) is 27.3 Å². The Morgan fingerprint density at radius 1 is 0.867 bits per heavy atom. The Balaban J connectivity index is 1.45. The van der Waals surface area contributed by atoms with E-state index in [4.69, 9.17) is 0 Å². The van der Waals surface area contributed by atoms with Crippen LogP contribution in [0.25, 0.3) is 0 Å². The molecule has 0 aromatic heterocycles. The van der Waals surface area contributed by atoms with Gasteiger partial charge in [-0.2, -0.15) is 0 Å². The smallest absolute Gasteiger partial charge is 0.164 e. The van der Waals surface area contributed by atoms with Crippen molar-refractivity contribution in [3.05, 3.63) is 107 Å². The molecule has 0 aliphatic carbocycles. The molecule has 4 rings (SSSR count). The van der Waals surface area contributed by atoms with Crippen molar-refractivity contribution in [2.75, 3.05) is 26.2 Å². The van der Waals surface area contributed by atoms with Crippen LogP contribution in [0.3, 0.4) is 0 Å². The fraction of sp³-hybridized carbons (Fsp3) is 0.308. The van der Waals surface area contributed by atoms with Gasteiger partial charge in [-0.05, 0) is 28.7 Å². The lowest BCUT2D eigenvalue weighted by atomic mass is 9.99. The van der Waals surface area contributed by atoms with E-state index in [-0.39, 0.29) is 6.04 Å². The number of hydrogen-bond acceptors (Lipinski definition) is 3. The van der Waals surface area contributed by atoms with E-state index in [0.717, 1.165) is 26.1 Å². The van der Waals surface area contributed by atoms with E-state index in [1.165, 1.54) is 22.3 Å². The largest absolute Gasteiger partial charge is 0.311 e. The number of rotatable bonds is 8. The molecule has 1 aliphatic rings. The molecule has 3 nitrogen and oxygen atoms in total. The minimum Gasteiger partial charge on any atom is -0.311 e. The molecule has 30 heavy (non-hydrogen) atoms. The normalized spacial score (nSPS) is 18.2. The van der Waals surface area contributed by atoms with E-state index in [1.54, 1.807) is 0 Å². The number of alkyl halides is 1. The highest BCUT2D eigenvalue weighted by Gasteiger charge is 2.26. The summed E-state index contributed by atoms with van der Waals surface area (Å²) in [6, 6.07) is 29.9. The van der Waals surface area contributed by atoms with E-state index in [9.17, 15) is 4.39 Å². The van der Waals surface area contributed by atoms with Gasteiger partial charge in [0, 0.05) is 38.8 Å². The van der Waals surface area contributed by atoms with E-state index >= 15 is 0 Å². The number of nitrogens with one attached hydrogen (secondary N) is 2. The van der Waals surface area contributed by atoms with Gasteiger partial charge in [0.2, 0.25) is 0 Å². The van der Waals surface area contributed by atoms with Crippen LogP contribution in [0, 0.1) is 0 Å². The Kier molecular flexibility index (Phi) is 7.25. The summed E-state index contributed by atoms with van der Waals surface area (Å²) in [6.45, 7) is 3.56. The van der Waals surface area contributed by atoms with Crippen LogP contribution in [0.5, 0.6) is 0 Å². The molecule has 2 unspecified atom stereocenters. The molecular formula is C26H30FN3. The third-order valence-corrected chi connectivity index (χ3v) is 5.73. The van der Waals surface area contributed by atoms with Crippen LogP contribution in [-0.4, -0.2) is 37.4 Å². The van der Waals surface area contributed by atoms with Crippen molar-refractivity contribution in [1.82, 2.24) is 15.5 Å². The van der Waals surface area contributed by atoms with Gasteiger partial charge in [0.15, 0.2) is 6.30 Å². The highest BCUT2D eigenvalue weighted by molar-refractivity contribution is 5.30. The van der Waals surface area contributed by atoms with Gasteiger partial charge >= 0.3 is 0 Å². The summed E-state index contributed by atoms with van der Waals surface area (Å²) in [4.78, 5) is 2.26. The maximum Gasteiger partial charge on any atom is 0.164 e. The molecule has 3 aromatic rings. The highest BCUT2D eigenvalue weighted by atomic mass is 19.1. The van der Waals surface area contributed by atoms with Gasteiger partial charge in [-0.3, -0.25) is 10.2 Å². The van der Waals surface area contributed by atoms with Crippen molar-refractivity contribution >= 4 is 0 Å². The van der Waals surface area contributed by atoms with Crippen LogP contribution < -0.4 is 10.6 Å². The van der Waals surface area contributed by atoms with Crippen LogP contribution in [0.15, 0.2) is 84.9 Å². The van der Waals surface area contributed by atoms with Gasteiger partial charge in [0.1, 0.15) is 0 Å². The summed E-state index contributed by atoms with van der Waals surface area (Å²) in [5.41, 5.74) is 5.11. The van der Waals surface area contributed by atoms with Gasteiger partial charge in [-0.1, -0.05) is 84.9 Å². The first-order chi connectivity index (χ1) is 14.8. The van der Waals surface area contributed by atoms with Crippen LogP contribution in [0.2, 0.25) is 0 Å². The summed E-state index contributed by atoms with van der Waals surface area (Å²) in [5, 5.41) is 6.49. The van der Waals surface area contributed by atoms with E-state index in [2.05, 4.69) is 88.3 Å². The summed E-state index contributed by atoms with van der Waals surface area (Å²) in [7, 11) is 0. The van der Waals surface area contributed by atoms with Gasteiger partial charge in [0.25, 0.3) is 0 Å². The second-order valence-corrected chi connectivity index (χ2v) is 7.95. The van der Waals surface area contributed by atoms with Crippen molar-refractivity contribution in [3.63, 3.8) is 0 Å². The first-order valence-electron chi connectivity index (χ1n) is 10.8. The molecule has 156 valence electrons. The zero-order valence-electron chi connectivity index (χ0n) is 17.3. The molecule has 1 fully saturated rings. The molecule has 0 saturated carbocycles. The number of hydrogen-bond donors (Lipinski definition) is 2. The first-order valence-corrected chi connectivity index (χ1v) is 10.8. The van der Waals surface area contributed by atoms with Gasteiger partial charge in [0.05, 0.1) is 0 Å². The van der Waals surface area contributed by atoms with Crippen molar-refractivity contribution in [2.24, 2.45) is 0 Å². The molecule has 0 amide bonds.